The van der Waals surface area contributed by atoms with E-state index in [4.69, 9.17) is 0 Å². The first-order valence-corrected chi connectivity index (χ1v) is 6.83. The minimum atomic E-state index is -0.608. The normalized spacial score (nSPS) is 12.0. The van der Waals surface area contributed by atoms with Crippen LogP contribution < -0.4 is 0 Å². The molecule has 2 nitrogen and oxygen atoms in total. The van der Waals surface area contributed by atoms with Gasteiger partial charge in [-0.2, -0.15) is 0 Å². The summed E-state index contributed by atoms with van der Waals surface area (Å²) in [7, 11) is 1.53. The third-order valence-corrected chi connectivity index (χ3v) is 3.65. The van der Waals surface area contributed by atoms with Crippen LogP contribution in [-0.2, 0) is 11.2 Å². The summed E-state index contributed by atoms with van der Waals surface area (Å²) in [5, 5.41) is 0. The van der Waals surface area contributed by atoms with Gasteiger partial charge in [0, 0.05) is 12.6 Å². The molecule has 2 rings (SSSR count). The first kappa shape index (κ1) is 16.1. The molecular weight excluding hydrogens is 291 g/mol. The molecule has 0 aliphatic rings. The van der Waals surface area contributed by atoms with E-state index in [1.165, 1.54) is 36.2 Å². The fourth-order valence-electron chi connectivity index (χ4n) is 2.16. The van der Waals surface area contributed by atoms with Crippen LogP contribution in [0.2, 0.25) is 0 Å². The van der Waals surface area contributed by atoms with Crippen molar-refractivity contribution in [3.8, 4) is 0 Å². The monoisotopic (exact) mass is 307 g/mol. The Hall–Kier alpha value is -2.30. The molecular formula is C17H16F3NO. The first-order chi connectivity index (χ1) is 10.4. The van der Waals surface area contributed by atoms with E-state index < -0.39 is 17.7 Å². The van der Waals surface area contributed by atoms with Crippen LogP contribution in [0.4, 0.5) is 13.2 Å². The molecule has 0 fully saturated rings. The van der Waals surface area contributed by atoms with Crippen molar-refractivity contribution >= 4 is 5.91 Å². The number of rotatable bonds is 4. The Morgan fingerprint density at radius 3 is 2.27 bits per heavy atom. The van der Waals surface area contributed by atoms with Crippen LogP contribution in [0.25, 0.3) is 0 Å². The Labute approximate surface area is 127 Å². The SMILES string of the molecule is CC(c1cc(F)ccc1F)N(C)C(=O)Cc1ccc(F)cc1. The molecule has 1 unspecified atom stereocenters. The third-order valence-electron chi connectivity index (χ3n) is 3.65. The van der Waals surface area contributed by atoms with Crippen LogP contribution in [0.3, 0.4) is 0 Å². The van der Waals surface area contributed by atoms with Crippen molar-refractivity contribution in [1.82, 2.24) is 4.90 Å². The lowest BCUT2D eigenvalue weighted by Crippen LogP contribution is -2.31. The van der Waals surface area contributed by atoms with Crippen molar-refractivity contribution in [2.45, 2.75) is 19.4 Å². The van der Waals surface area contributed by atoms with Gasteiger partial charge in [-0.3, -0.25) is 4.79 Å². The van der Waals surface area contributed by atoms with Gasteiger partial charge >= 0.3 is 0 Å². The molecule has 0 saturated heterocycles. The van der Waals surface area contributed by atoms with Crippen molar-refractivity contribution in [2.24, 2.45) is 0 Å². The predicted octanol–water partition coefficient (Wildman–Crippen LogP) is 3.87. The smallest absolute Gasteiger partial charge is 0.227 e. The van der Waals surface area contributed by atoms with Gasteiger partial charge < -0.3 is 4.90 Å². The second-order valence-corrected chi connectivity index (χ2v) is 5.15. The lowest BCUT2D eigenvalue weighted by atomic mass is 10.0. The van der Waals surface area contributed by atoms with E-state index >= 15 is 0 Å². The zero-order valence-electron chi connectivity index (χ0n) is 12.3. The molecule has 0 saturated carbocycles. The number of hydrogen-bond donors (Lipinski definition) is 0. The van der Waals surface area contributed by atoms with E-state index in [0.29, 0.717) is 5.56 Å². The van der Waals surface area contributed by atoms with Crippen molar-refractivity contribution in [3.05, 3.63) is 71.0 Å². The Balaban J connectivity index is 2.12. The van der Waals surface area contributed by atoms with E-state index in [1.807, 2.05) is 0 Å². The Bertz CT molecular complexity index is 670. The number of carbonyl (C=O) groups is 1. The molecule has 0 N–H and O–H groups in total. The quantitative estimate of drug-likeness (QED) is 0.840. The van der Waals surface area contributed by atoms with E-state index in [0.717, 1.165) is 18.2 Å². The molecule has 0 heterocycles. The number of carbonyl (C=O) groups excluding carboxylic acids is 1. The first-order valence-electron chi connectivity index (χ1n) is 6.83. The van der Waals surface area contributed by atoms with Gasteiger partial charge in [0.15, 0.2) is 0 Å². The van der Waals surface area contributed by atoms with E-state index in [2.05, 4.69) is 0 Å². The van der Waals surface area contributed by atoms with E-state index in [9.17, 15) is 18.0 Å². The van der Waals surface area contributed by atoms with Gasteiger partial charge in [0.25, 0.3) is 0 Å². The predicted molar refractivity (Wildman–Crippen MR) is 77.6 cm³/mol. The molecule has 0 bridgehead atoms. The van der Waals surface area contributed by atoms with Gasteiger partial charge in [0.2, 0.25) is 5.91 Å². The molecule has 0 aliphatic heterocycles. The molecule has 2 aromatic rings. The maximum Gasteiger partial charge on any atom is 0.227 e. The zero-order chi connectivity index (χ0) is 16.3. The number of nitrogens with zero attached hydrogens (tertiary/aromatic N) is 1. The summed E-state index contributed by atoms with van der Waals surface area (Å²) < 4.78 is 39.9. The molecule has 0 radical (unpaired) electrons. The molecule has 1 atom stereocenters. The molecule has 22 heavy (non-hydrogen) atoms. The molecule has 116 valence electrons. The topological polar surface area (TPSA) is 20.3 Å². The van der Waals surface area contributed by atoms with Crippen LogP contribution in [0, 0.1) is 17.5 Å². The largest absolute Gasteiger partial charge is 0.339 e. The van der Waals surface area contributed by atoms with Crippen molar-refractivity contribution < 1.29 is 18.0 Å². The lowest BCUT2D eigenvalue weighted by Gasteiger charge is -2.26. The maximum atomic E-state index is 13.8. The number of benzene rings is 2. The minimum absolute atomic E-state index is 0.0675. The minimum Gasteiger partial charge on any atom is -0.339 e. The Morgan fingerprint density at radius 2 is 1.64 bits per heavy atom. The summed E-state index contributed by atoms with van der Waals surface area (Å²) in [6.45, 7) is 1.63. The average molecular weight is 307 g/mol. The summed E-state index contributed by atoms with van der Waals surface area (Å²) in [6.07, 6.45) is 0.0675. The Morgan fingerprint density at radius 1 is 1.05 bits per heavy atom. The summed E-state index contributed by atoms with van der Waals surface area (Å²) in [4.78, 5) is 13.6. The molecule has 0 aromatic heterocycles. The highest BCUT2D eigenvalue weighted by molar-refractivity contribution is 5.79. The number of halogens is 3. The van der Waals surface area contributed by atoms with Crippen LogP contribution in [-0.4, -0.2) is 17.9 Å². The van der Waals surface area contributed by atoms with Gasteiger partial charge in [-0.15, -0.1) is 0 Å². The number of hydrogen-bond acceptors (Lipinski definition) is 1. The van der Waals surface area contributed by atoms with Crippen molar-refractivity contribution in [2.75, 3.05) is 7.05 Å². The molecule has 0 aliphatic carbocycles. The summed E-state index contributed by atoms with van der Waals surface area (Å²) in [6, 6.07) is 8.15. The Kier molecular flexibility index (Phi) is 4.85. The van der Waals surface area contributed by atoms with Crippen LogP contribution >= 0.6 is 0 Å². The summed E-state index contributed by atoms with van der Waals surface area (Å²) in [5.74, 6) is -1.75. The highest BCUT2D eigenvalue weighted by Gasteiger charge is 2.20. The molecule has 1 amide bonds. The third kappa shape index (κ3) is 3.67. The van der Waals surface area contributed by atoms with Crippen LogP contribution in [0.15, 0.2) is 42.5 Å². The summed E-state index contributed by atoms with van der Waals surface area (Å²) in [5.41, 5.74) is 0.778. The van der Waals surface area contributed by atoms with E-state index in [-0.39, 0.29) is 23.7 Å². The van der Waals surface area contributed by atoms with Crippen molar-refractivity contribution in [3.63, 3.8) is 0 Å². The van der Waals surface area contributed by atoms with Gasteiger partial charge in [0.05, 0.1) is 12.5 Å². The fourth-order valence-corrected chi connectivity index (χ4v) is 2.16. The van der Waals surface area contributed by atoms with Crippen LogP contribution in [0.5, 0.6) is 0 Å². The van der Waals surface area contributed by atoms with Gasteiger partial charge in [-0.25, -0.2) is 13.2 Å². The van der Waals surface area contributed by atoms with Gasteiger partial charge in [0.1, 0.15) is 17.5 Å². The average Bonchev–Trinajstić information content (AvgIpc) is 2.50. The fraction of sp³-hybridized carbons (Fsp3) is 0.235. The molecule has 5 heteroatoms. The second kappa shape index (κ2) is 6.64. The second-order valence-electron chi connectivity index (χ2n) is 5.15. The van der Waals surface area contributed by atoms with Crippen LogP contribution in [0.1, 0.15) is 24.1 Å². The maximum absolute atomic E-state index is 13.8. The highest BCUT2D eigenvalue weighted by atomic mass is 19.1. The van der Waals surface area contributed by atoms with Crippen molar-refractivity contribution in [1.29, 1.82) is 0 Å². The summed E-state index contributed by atoms with van der Waals surface area (Å²) >= 11 is 0. The van der Waals surface area contributed by atoms with Gasteiger partial charge in [-0.05, 0) is 42.8 Å². The molecule has 2 aromatic carbocycles. The highest BCUT2D eigenvalue weighted by Crippen LogP contribution is 2.23. The number of amides is 1. The molecule has 0 spiro atoms. The number of likely N-dealkylation sites (N-methyl/N-ethyl adjacent to an activating group) is 1. The van der Waals surface area contributed by atoms with E-state index in [1.54, 1.807) is 6.92 Å². The zero-order valence-corrected chi connectivity index (χ0v) is 12.3. The standard InChI is InChI=1S/C17H16F3NO/c1-11(15-10-14(19)7-8-16(15)20)21(2)17(22)9-12-3-5-13(18)6-4-12/h3-8,10-11H,9H2,1-2H3. The van der Waals surface area contributed by atoms with Gasteiger partial charge in [-0.1, -0.05) is 12.1 Å². The lowest BCUT2D eigenvalue weighted by molar-refractivity contribution is -0.131.